The van der Waals surface area contributed by atoms with E-state index in [0.717, 1.165) is 22.8 Å². The highest BCUT2D eigenvalue weighted by atomic mass is 27.1. The maximum Gasteiger partial charge on any atom is 0.266 e. The highest BCUT2D eigenvalue weighted by Crippen LogP contribution is 2.29. The number of nitrogens with two attached hydrogens (primary N) is 1. The molecule has 0 bridgehead atoms. The summed E-state index contributed by atoms with van der Waals surface area (Å²) in [7, 11) is 0. The standard InChI is InChI=1S/C19H23N4.CH3.Al/c1-18(2)10-14(20)6-7-16(12-18)22-23-17-9-8-15(21-5)11-19(3,4)13-17;;/h5-13H,20H2,1-4H3;1H3;. The molecule has 5 heteroatoms. The molecule has 0 spiro atoms. The van der Waals surface area contributed by atoms with Crippen LogP contribution in [0.2, 0.25) is 5.79 Å². The first-order chi connectivity index (χ1) is 11.7. The Hall–Kier alpha value is -1.96. The number of aliphatic imine (C=N–C) groups is 1. The van der Waals surface area contributed by atoms with Gasteiger partial charge in [0.1, 0.15) is 0 Å². The summed E-state index contributed by atoms with van der Waals surface area (Å²) in [5, 5.41) is 10.9. The van der Waals surface area contributed by atoms with Crippen LogP contribution in [0.4, 0.5) is 0 Å². The van der Waals surface area contributed by atoms with Crippen LogP contribution < -0.4 is 5.73 Å². The maximum absolute atomic E-state index is 5.95. The van der Waals surface area contributed by atoms with Crippen molar-refractivity contribution >= 4 is 20.3 Å². The molecule has 2 rings (SSSR count). The van der Waals surface area contributed by atoms with Crippen LogP contribution in [0.3, 0.4) is 0 Å². The lowest BCUT2D eigenvalue weighted by molar-refractivity contribution is 0.615. The van der Waals surface area contributed by atoms with Gasteiger partial charge >= 0.3 is 0 Å². The highest BCUT2D eigenvalue weighted by Gasteiger charge is 2.17. The van der Waals surface area contributed by atoms with Crippen LogP contribution in [-0.4, -0.2) is 20.3 Å². The summed E-state index contributed by atoms with van der Waals surface area (Å²) in [6.07, 6.45) is 16.1. The van der Waals surface area contributed by atoms with Gasteiger partial charge in [-0.05, 0) is 42.5 Å². The van der Waals surface area contributed by atoms with Crippen LogP contribution in [0.15, 0.2) is 86.6 Å². The van der Waals surface area contributed by atoms with Crippen molar-refractivity contribution in [1.82, 2.24) is 0 Å². The van der Waals surface area contributed by atoms with Gasteiger partial charge in [-0.15, -0.1) is 5.79 Å². The fourth-order valence-electron chi connectivity index (χ4n) is 2.68. The molecule has 25 heavy (non-hydrogen) atoms. The normalized spacial score (nSPS) is 22.1. The Morgan fingerprint density at radius 2 is 1.28 bits per heavy atom. The first kappa shape index (κ1) is 19.4. The molecule has 2 aliphatic carbocycles. The van der Waals surface area contributed by atoms with Gasteiger partial charge in [-0.3, -0.25) is 4.99 Å². The fraction of sp³-hybridized carbons (Fsp3) is 0.350. The lowest BCUT2D eigenvalue weighted by atomic mass is 9.92. The lowest BCUT2D eigenvalue weighted by Crippen LogP contribution is -2.06. The Balaban J connectivity index is 2.24. The van der Waals surface area contributed by atoms with E-state index in [0.29, 0.717) is 0 Å². The van der Waals surface area contributed by atoms with Crippen molar-refractivity contribution in [3.05, 3.63) is 71.4 Å². The van der Waals surface area contributed by atoms with E-state index in [-0.39, 0.29) is 26.0 Å². The van der Waals surface area contributed by atoms with E-state index in [2.05, 4.69) is 66.9 Å². The first-order valence-corrected chi connectivity index (χ1v) is 10.3. The minimum absolute atomic E-state index is 0.132. The maximum atomic E-state index is 5.95. The Morgan fingerprint density at radius 1 is 0.800 bits per heavy atom. The van der Waals surface area contributed by atoms with Crippen LogP contribution in [0.25, 0.3) is 0 Å². The molecule has 0 atom stereocenters. The number of rotatable bonds is 4. The average molecular weight is 349 g/mol. The second-order valence-electron chi connectivity index (χ2n) is 7.47. The Bertz CT molecular complexity index is 757. The van der Waals surface area contributed by atoms with Gasteiger partial charge in [-0.2, -0.15) is 10.2 Å². The Kier molecular flexibility index (Phi) is 6.16. The van der Waals surface area contributed by atoms with Gasteiger partial charge in [0.05, 0.1) is 17.1 Å². The van der Waals surface area contributed by atoms with Gasteiger partial charge in [0.15, 0.2) is 0 Å². The number of allylic oxidation sites excluding steroid dienone is 8. The number of azo groups is 1. The third-order valence-electron chi connectivity index (χ3n) is 3.62. The van der Waals surface area contributed by atoms with E-state index in [1.807, 2.05) is 35.5 Å². The van der Waals surface area contributed by atoms with Gasteiger partial charge in [0.25, 0.3) is 15.2 Å². The average Bonchev–Trinajstić information content (AvgIpc) is 2.73. The smallest absolute Gasteiger partial charge is 0.266 e. The zero-order valence-electron chi connectivity index (χ0n) is 15.7. The van der Waals surface area contributed by atoms with Crippen molar-refractivity contribution in [3.63, 3.8) is 0 Å². The predicted octanol–water partition coefficient (Wildman–Crippen LogP) is 4.91. The molecule has 0 aliphatic heterocycles. The van der Waals surface area contributed by atoms with E-state index in [9.17, 15) is 0 Å². The summed E-state index contributed by atoms with van der Waals surface area (Å²) < 4.78 is 0. The molecule has 0 unspecified atom stereocenters. The largest absolute Gasteiger partial charge is 0.399 e. The summed E-state index contributed by atoms with van der Waals surface area (Å²) in [6, 6.07) is 0. The summed E-state index contributed by atoms with van der Waals surface area (Å²) in [4.78, 5) is 4.52. The number of hydrogen-bond acceptors (Lipinski definition) is 4. The van der Waals surface area contributed by atoms with E-state index < -0.39 is 0 Å². The van der Waals surface area contributed by atoms with Crippen LogP contribution in [-0.2, 0) is 0 Å². The van der Waals surface area contributed by atoms with E-state index in [1.54, 1.807) is 0 Å². The van der Waals surface area contributed by atoms with Gasteiger partial charge in [-0.25, -0.2) is 0 Å². The Morgan fingerprint density at radius 3 is 1.88 bits per heavy atom. The molecule has 2 N–H and O–H groups in total. The van der Waals surface area contributed by atoms with E-state index in [1.165, 1.54) is 0 Å². The molecule has 0 heterocycles. The molecule has 0 aromatic heterocycles. The van der Waals surface area contributed by atoms with E-state index >= 15 is 0 Å². The monoisotopic (exact) mass is 349 g/mol. The lowest BCUT2D eigenvalue weighted by Gasteiger charge is -2.15. The molecule has 2 aliphatic rings. The van der Waals surface area contributed by atoms with Crippen molar-refractivity contribution in [2.75, 3.05) is 0 Å². The number of nitrogens with zero attached hydrogens (tertiary/aromatic N) is 3. The quantitative estimate of drug-likeness (QED) is 0.438. The topological polar surface area (TPSA) is 63.1 Å². The van der Waals surface area contributed by atoms with Crippen molar-refractivity contribution in [2.45, 2.75) is 33.5 Å². The molecular formula is C20H26AlN4. The Labute approximate surface area is 157 Å². The van der Waals surface area contributed by atoms with Crippen LogP contribution in [0, 0.1) is 10.8 Å². The molecule has 1 radical (unpaired) electrons. The molecular weight excluding hydrogens is 323 g/mol. The van der Waals surface area contributed by atoms with Crippen molar-refractivity contribution in [1.29, 1.82) is 0 Å². The third kappa shape index (κ3) is 6.45. The molecule has 0 saturated heterocycles. The van der Waals surface area contributed by atoms with E-state index in [4.69, 9.17) is 5.73 Å². The van der Waals surface area contributed by atoms with Gasteiger partial charge in [0.2, 0.25) is 0 Å². The van der Waals surface area contributed by atoms with Gasteiger partial charge < -0.3 is 5.73 Å². The fourth-order valence-corrected chi connectivity index (χ4v) is 3.00. The molecule has 4 nitrogen and oxygen atoms in total. The zero-order chi connectivity index (χ0) is 18.5. The second-order valence-corrected chi connectivity index (χ2v) is 8.44. The minimum atomic E-state index is -0.152. The summed E-state index contributed by atoms with van der Waals surface area (Å²) in [5.41, 5.74) is 9.00. The highest BCUT2D eigenvalue weighted by molar-refractivity contribution is 6.66. The minimum Gasteiger partial charge on any atom is -0.399 e. The summed E-state index contributed by atoms with van der Waals surface area (Å²) in [5.74, 6) is 2.16. The van der Waals surface area contributed by atoms with Crippen LogP contribution in [0.5, 0.6) is 0 Å². The molecule has 0 amide bonds. The zero-order valence-corrected chi connectivity index (χ0v) is 16.8. The second kappa shape index (κ2) is 7.95. The SMILES string of the molecule is [CH3][Al][CH]=NC1=CC(C)(C)C=C(N=NC2=CC(C)(C)C=C(N)C=C2)C=C1. The molecule has 0 aromatic carbocycles. The summed E-state index contributed by atoms with van der Waals surface area (Å²) in [6.45, 7) is 8.48. The van der Waals surface area contributed by atoms with Gasteiger partial charge in [-0.1, -0.05) is 38.8 Å². The molecule has 0 fully saturated rings. The molecule has 0 saturated carbocycles. The van der Waals surface area contributed by atoms with Crippen LogP contribution in [0.1, 0.15) is 27.7 Å². The molecule has 129 valence electrons. The third-order valence-corrected chi connectivity index (χ3v) is 4.07. The van der Waals surface area contributed by atoms with Crippen LogP contribution >= 0.6 is 0 Å². The summed E-state index contributed by atoms with van der Waals surface area (Å²) >= 11 is 0.253. The predicted molar refractivity (Wildman–Crippen MR) is 107 cm³/mol. The number of hydrogen-bond donors (Lipinski definition) is 1. The molecule has 0 aromatic rings. The first-order valence-electron chi connectivity index (χ1n) is 8.46. The van der Waals surface area contributed by atoms with Crippen molar-refractivity contribution in [3.8, 4) is 0 Å². The van der Waals surface area contributed by atoms with Crippen molar-refractivity contribution < 1.29 is 0 Å². The van der Waals surface area contributed by atoms with Crippen molar-refractivity contribution in [2.24, 2.45) is 31.8 Å². The van der Waals surface area contributed by atoms with Gasteiger partial charge in [0, 0.05) is 16.5 Å².